The zero-order valence-corrected chi connectivity index (χ0v) is 13.4. The first-order valence-corrected chi connectivity index (χ1v) is 10.7. The molecule has 1 aromatic carbocycles. The third-order valence-corrected chi connectivity index (χ3v) is 6.12. The Hall–Kier alpha value is -1.33. The molecule has 0 spiro atoms. The van der Waals surface area contributed by atoms with Crippen LogP contribution in [0.1, 0.15) is 0 Å². The summed E-state index contributed by atoms with van der Waals surface area (Å²) in [5.41, 5.74) is 10.2. The lowest BCUT2D eigenvalue weighted by Gasteiger charge is -2.15. The van der Waals surface area contributed by atoms with E-state index in [1.54, 1.807) is 0 Å². The summed E-state index contributed by atoms with van der Waals surface area (Å²) in [7, 11) is -12.3. The first kappa shape index (κ1) is 16.7. The second-order valence-corrected chi connectivity index (χ2v) is 10.2. The normalized spacial score (nSPS) is 13.3. The zero-order valence-electron chi connectivity index (χ0n) is 10.9. The molecule has 20 heavy (non-hydrogen) atoms. The van der Waals surface area contributed by atoms with E-state index in [4.69, 9.17) is 11.5 Å². The molecule has 0 atom stereocenters. The summed E-state index contributed by atoms with van der Waals surface area (Å²) in [6.07, 6.45) is 2.17. The average Bonchev–Trinajstić information content (AvgIpc) is 2.15. The summed E-state index contributed by atoms with van der Waals surface area (Å²) in [5, 5.41) is 0. The summed E-state index contributed by atoms with van der Waals surface area (Å²) in [5.74, 6) is 0. The third kappa shape index (κ3) is 3.04. The molecule has 1 rings (SSSR count). The second kappa shape index (κ2) is 4.60. The van der Waals surface area contributed by atoms with Gasteiger partial charge in [-0.1, -0.05) is 0 Å². The van der Waals surface area contributed by atoms with E-state index in [9.17, 15) is 25.3 Å². The van der Waals surface area contributed by atoms with Gasteiger partial charge in [0.05, 0.1) is 16.3 Å². The average molecular weight is 342 g/mol. The summed E-state index contributed by atoms with van der Waals surface area (Å²) in [4.78, 5) is -2.33. The van der Waals surface area contributed by atoms with Crippen LogP contribution < -0.4 is 11.5 Å². The van der Waals surface area contributed by atoms with Crippen molar-refractivity contribution in [3.8, 4) is 0 Å². The molecule has 0 aliphatic heterocycles. The van der Waals surface area contributed by atoms with Crippen molar-refractivity contribution in [2.45, 2.75) is 14.7 Å². The van der Waals surface area contributed by atoms with Crippen molar-refractivity contribution >= 4 is 40.9 Å². The third-order valence-electron chi connectivity index (χ3n) is 2.41. The highest BCUT2D eigenvalue weighted by molar-refractivity contribution is 7.95. The van der Waals surface area contributed by atoms with E-state index in [1.807, 2.05) is 0 Å². The van der Waals surface area contributed by atoms with Crippen LogP contribution in [0.4, 0.5) is 11.4 Å². The molecule has 0 aromatic heterocycles. The van der Waals surface area contributed by atoms with Gasteiger partial charge in [0, 0.05) is 18.8 Å². The molecule has 0 heterocycles. The van der Waals surface area contributed by atoms with Crippen molar-refractivity contribution < 1.29 is 25.3 Å². The van der Waals surface area contributed by atoms with Crippen LogP contribution >= 0.6 is 0 Å². The van der Waals surface area contributed by atoms with Crippen LogP contribution in [-0.4, -0.2) is 44.0 Å². The van der Waals surface area contributed by atoms with Gasteiger partial charge >= 0.3 is 0 Å². The standard InChI is InChI=1S/C9H14N2O6S3/c1-18(12,13)6-4-5(10)7(11)9(20(3,16)17)8(6)19(2,14)15/h4H,10-11H2,1-3H3. The Bertz CT molecular complexity index is 882. The SMILES string of the molecule is CS(=O)(=O)c1cc(N)c(N)c(S(C)(=O)=O)c1S(C)(=O)=O. The van der Waals surface area contributed by atoms with Crippen LogP contribution in [-0.2, 0) is 29.5 Å². The molecule has 114 valence electrons. The smallest absolute Gasteiger partial charge is 0.178 e. The van der Waals surface area contributed by atoms with Crippen molar-refractivity contribution in [2.24, 2.45) is 0 Å². The largest absolute Gasteiger partial charge is 0.397 e. The number of benzene rings is 1. The molecule has 0 aliphatic rings. The minimum absolute atomic E-state index is 0.321. The van der Waals surface area contributed by atoms with Gasteiger partial charge in [-0.2, -0.15) is 0 Å². The van der Waals surface area contributed by atoms with Crippen LogP contribution in [0.25, 0.3) is 0 Å². The predicted molar refractivity (Wildman–Crippen MR) is 74.6 cm³/mol. The molecule has 1 aromatic rings. The molecule has 0 radical (unpaired) electrons. The molecule has 8 nitrogen and oxygen atoms in total. The first-order valence-electron chi connectivity index (χ1n) is 4.99. The van der Waals surface area contributed by atoms with Crippen molar-refractivity contribution in [2.75, 3.05) is 30.2 Å². The maximum absolute atomic E-state index is 11.8. The molecular formula is C9H14N2O6S3. The van der Waals surface area contributed by atoms with E-state index in [-0.39, 0.29) is 5.69 Å². The van der Waals surface area contributed by atoms with Gasteiger partial charge in [0.15, 0.2) is 29.5 Å². The van der Waals surface area contributed by atoms with Gasteiger partial charge in [0.1, 0.15) is 9.79 Å². The maximum atomic E-state index is 11.8. The van der Waals surface area contributed by atoms with Gasteiger partial charge in [-0.05, 0) is 6.07 Å². The second-order valence-electron chi connectivity index (χ2n) is 4.35. The molecule has 0 fully saturated rings. The minimum Gasteiger partial charge on any atom is -0.397 e. The van der Waals surface area contributed by atoms with E-state index in [2.05, 4.69) is 0 Å². The Kier molecular flexibility index (Phi) is 3.85. The lowest BCUT2D eigenvalue weighted by atomic mass is 10.3. The van der Waals surface area contributed by atoms with Crippen LogP contribution in [0.15, 0.2) is 20.8 Å². The van der Waals surface area contributed by atoms with Gasteiger partial charge in [-0.3, -0.25) is 0 Å². The minimum atomic E-state index is -4.16. The number of hydrogen-bond acceptors (Lipinski definition) is 8. The lowest BCUT2D eigenvalue weighted by molar-refractivity contribution is 0.580. The fourth-order valence-electron chi connectivity index (χ4n) is 1.64. The van der Waals surface area contributed by atoms with Gasteiger partial charge in [-0.25, -0.2) is 25.3 Å². The molecular weight excluding hydrogens is 328 g/mol. The fourth-order valence-corrected chi connectivity index (χ4v) is 6.14. The van der Waals surface area contributed by atoms with Crippen molar-refractivity contribution in [3.63, 3.8) is 0 Å². The molecule has 11 heteroatoms. The highest BCUT2D eigenvalue weighted by Crippen LogP contribution is 2.36. The Morgan fingerprint density at radius 1 is 0.750 bits per heavy atom. The molecule has 0 amide bonds. The number of anilines is 2. The van der Waals surface area contributed by atoms with E-state index in [0.717, 1.165) is 18.6 Å². The Labute approximate surface area is 117 Å². The van der Waals surface area contributed by atoms with E-state index in [1.165, 1.54) is 0 Å². The Balaban J connectivity index is 4.30. The van der Waals surface area contributed by atoms with E-state index in [0.29, 0.717) is 6.26 Å². The molecule has 0 bridgehead atoms. The maximum Gasteiger partial charge on any atom is 0.178 e. The summed E-state index contributed by atoms with van der Waals surface area (Å²) in [6.45, 7) is 0. The lowest BCUT2D eigenvalue weighted by Crippen LogP contribution is -2.17. The molecule has 0 saturated carbocycles. The number of sulfone groups is 3. The predicted octanol–water partition coefficient (Wildman–Crippen LogP) is -0.938. The summed E-state index contributed by atoms with van der Waals surface area (Å²) >= 11 is 0. The van der Waals surface area contributed by atoms with Gasteiger partial charge in [0.2, 0.25) is 0 Å². The molecule has 4 N–H and O–H groups in total. The first-order chi connectivity index (χ1) is 8.67. The topological polar surface area (TPSA) is 154 Å². The number of nitrogens with two attached hydrogens (primary N) is 2. The van der Waals surface area contributed by atoms with Crippen LogP contribution in [0.3, 0.4) is 0 Å². The Morgan fingerprint density at radius 3 is 1.45 bits per heavy atom. The summed E-state index contributed by atoms with van der Waals surface area (Å²) < 4.78 is 70.5. The summed E-state index contributed by atoms with van der Waals surface area (Å²) in [6, 6.07) is 0.843. The quantitative estimate of drug-likeness (QED) is 0.667. The van der Waals surface area contributed by atoms with Crippen LogP contribution in [0.5, 0.6) is 0 Å². The molecule has 0 aliphatic carbocycles. The fraction of sp³-hybridized carbons (Fsp3) is 0.333. The number of nitrogen functional groups attached to an aromatic ring is 2. The zero-order chi connectivity index (χ0) is 16.1. The van der Waals surface area contributed by atoms with Gasteiger partial charge < -0.3 is 11.5 Å². The van der Waals surface area contributed by atoms with Crippen molar-refractivity contribution in [1.29, 1.82) is 0 Å². The molecule has 0 saturated heterocycles. The Morgan fingerprint density at radius 2 is 1.15 bits per heavy atom. The van der Waals surface area contributed by atoms with Gasteiger partial charge in [0.25, 0.3) is 0 Å². The molecule has 0 unspecified atom stereocenters. The van der Waals surface area contributed by atoms with E-state index < -0.39 is 49.9 Å². The van der Waals surface area contributed by atoms with Gasteiger partial charge in [-0.15, -0.1) is 0 Å². The van der Waals surface area contributed by atoms with Crippen LogP contribution in [0, 0.1) is 0 Å². The van der Waals surface area contributed by atoms with Crippen molar-refractivity contribution in [1.82, 2.24) is 0 Å². The number of hydrogen-bond donors (Lipinski definition) is 2. The monoisotopic (exact) mass is 342 g/mol. The number of rotatable bonds is 3. The highest BCUT2D eigenvalue weighted by atomic mass is 32.2. The highest BCUT2D eigenvalue weighted by Gasteiger charge is 2.32. The van der Waals surface area contributed by atoms with Crippen molar-refractivity contribution in [3.05, 3.63) is 6.07 Å². The van der Waals surface area contributed by atoms with Crippen LogP contribution in [0.2, 0.25) is 0 Å². The van der Waals surface area contributed by atoms with E-state index >= 15 is 0 Å².